The monoisotopic (exact) mass is 230 g/mol. The predicted octanol–water partition coefficient (Wildman–Crippen LogP) is 4.22. The third-order valence-electron chi connectivity index (χ3n) is 2.53. The molecule has 0 radical (unpaired) electrons. The highest BCUT2D eigenvalue weighted by Crippen LogP contribution is 2.04. The van der Waals surface area contributed by atoms with E-state index in [9.17, 15) is 0 Å². The van der Waals surface area contributed by atoms with Crippen LogP contribution >= 0.6 is 0 Å². The molecule has 2 aromatic rings. The van der Waals surface area contributed by atoms with Crippen molar-refractivity contribution in [3.05, 3.63) is 54.6 Å². The molecule has 92 valence electrons. The van der Waals surface area contributed by atoms with Crippen molar-refractivity contribution in [1.82, 2.24) is 9.97 Å². The van der Waals surface area contributed by atoms with E-state index in [1.807, 2.05) is 24.4 Å². The Hall–Kier alpha value is -1.57. The van der Waals surface area contributed by atoms with Gasteiger partial charge in [-0.25, -0.2) is 0 Å². The third kappa shape index (κ3) is 7.34. The second-order valence-electron chi connectivity index (χ2n) is 4.03. The van der Waals surface area contributed by atoms with E-state index in [4.69, 9.17) is 0 Å². The lowest BCUT2D eigenvalue weighted by molar-refractivity contribution is 0.662. The Labute approximate surface area is 104 Å². The number of rotatable bonds is 5. The van der Waals surface area contributed by atoms with Gasteiger partial charge in [-0.2, -0.15) is 0 Å². The van der Waals surface area contributed by atoms with Crippen LogP contribution in [0.15, 0.2) is 48.9 Å². The van der Waals surface area contributed by atoms with E-state index in [-0.39, 0.29) is 0 Å². The van der Waals surface area contributed by atoms with E-state index in [0.29, 0.717) is 0 Å². The molecule has 2 nitrogen and oxygen atoms in total. The fraction of sp³-hybridized carbons (Fsp3) is 0.400. The molecule has 0 saturated heterocycles. The standard InChI is InChI=1S/C10H17N.C5H5N/c1-2-3-4-5-7-10-8-6-9-11-10;1-2-4-6-5-3-1/h6,8-9,11H,2-5,7H2,1H3;1-5H. The predicted molar refractivity (Wildman–Crippen MR) is 72.9 cm³/mol. The van der Waals surface area contributed by atoms with Gasteiger partial charge in [-0.05, 0) is 37.1 Å². The number of hydrogen-bond acceptors (Lipinski definition) is 1. The number of aromatic amines is 1. The molecular formula is C15H22N2. The molecule has 2 heteroatoms. The summed E-state index contributed by atoms with van der Waals surface area (Å²) in [6.45, 7) is 2.24. The Bertz CT molecular complexity index is 314. The molecule has 0 aliphatic carbocycles. The number of nitrogens with zero attached hydrogens (tertiary/aromatic N) is 1. The van der Waals surface area contributed by atoms with Crippen LogP contribution in [0.2, 0.25) is 0 Å². The Kier molecular flexibility index (Phi) is 7.65. The largest absolute Gasteiger partial charge is 0.365 e. The van der Waals surface area contributed by atoms with Gasteiger partial charge in [-0.1, -0.05) is 32.3 Å². The number of aryl methyl sites for hydroxylation is 1. The first-order valence-corrected chi connectivity index (χ1v) is 6.40. The van der Waals surface area contributed by atoms with Crippen molar-refractivity contribution >= 4 is 0 Å². The number of aromatic nitrogens is 2. The summed E-state index contributed by atoms with van der Waals surface area (Å²) in [6.07, 6.45) is 12.1. The quantitative estimate of drug-likeness (QED) is 0.765. The van der Waals surface area contributed by atoms with E-state index in [2.05, 4.69) is 29.0 Å². The maximum Gasteiger partial charge on any atom is 0.0267 e. The minimum Gasteiger partial charge on any atom is -0.365 e. The van der Waals surface area contributed by atoms with Gasteiger partial charge in [0.2, 0.25) is 0 Å². The van der Waals surface area contributed by atoms with Crippen LogP contribution in [0, 0.1) is 0 Å². The molecule has 2 aromatic heterocycles. The van der Waals surface area contributed by atoms with Crippen LogP contribution in [0.3, 0.4) is 0 Å². The molecule has 0 atom stereocenters. The van der Waals surface area contributed by atoms with Gasteiger partial charge in [-0.15, -0.1) is 0 Å². The summed E-state index contributed by atoms with van der Waals surface area (Å²) in [7, 11) is 0. The highest BCUT2D eigenvalue weighted by atomic mass is 14.7. The fourth-order valence-corrected chi connectivity index (χ4v) is 1.58. The topological polar surface area (TPSA) is 28.7 Å². The molecule has 0 aliphatic rings. The van der Waals surface area contributed by atoms with Gasteiger partial charge in [0.25, 0.3) is 0 Å². The Balaban J connectivity index is 0.000000202. The zero-order valence-electron chi connectivity index (χ0n) is 10.6. The number of unbranched alkanes of at least 4 members (excludes halogenated alkanes) is 3. The molecule has 2 heterocycles. The molecule has 2 rings (SSSR count). The van der Waals surface area contributed by atoms with Gasteiger partial charge in [0.1, 0.15) is 0 Å². The molecule has 0 amide bonds. The van der Waals surface area contributed by atoms with E-state index in [1.165, 1.54) is 37.8 Å². The summed E-state index contributed by atoms with van der Waals surface area (Å²) in [4.78, 5) is 7.00. The summed E-state index contributed by atoms with van der Waals surface area (Å²) in [5.41, 5.74) is 1.38. The minimum absolute atomic E-state index is 1.22. The molecule has 0 fully saturated rings. The van der Waals surface area contributed by atoms with Crippen LogP contribution < -0.4 is 0 Å². The zero-order chi connectivity index (χ0) is 12.2. The Morgan fingerprint density at radius 3 is 2.29 bits per heavy atom. The first kappa shape index (κ1) is 13.5. The highest BCUT2D eigenvalue weighted by molar-refractivity contribution is 5.03. The lowest BCUT2D eigenvalue weighted by Gasteiger charge is -1.96. The Morgan fingerprint density at radius 1 is 1.00 bits per heavy atom. The molecular weight excluding hydrogens is 208 g/mol. The smallest absolute Gasteiger partial charge is 0.0267 e. The summed E-state index contributed by atoms with van der Waals surface area (Å²) in [5.74, 6) is 0. The molecule has 0 aromatic carbocycles. The van der Waals surface area contributed by atoms with E-state index >= 15 is 0 Å². The van der Waals surface area contributed by atoms with Crippen molar-refractivity contribution in [3.63, 3.8) is 0 Å². The van der Waals surface area contributed by atoms with Crippen LogP contribution in [0.4, 0.5) is 0 Å². The van der Waals surface area contributed by atoms with Crippen molar-refractivity contribution in [2.75, 3.05) is 0 Å². The second-order valence-corrected chi connectivity index (χ2v) is 4.03. The van der Waals surface area contributed by atoms with Gasteiger partial charge in [0.05, 0.1) is 0 Å². The van der Waals surface area contributed by atoms with Crippen molar-refractivity contribution in [2.45, 2.75) is 39.0 Å². The van der Waals surface area contributed by atoms with E-state index in [0.717, 1.165) is 0 Å². The van der Waals surface area contributed by atoms with Gasteiger partial charge in [-0.3, -0.25) is 4.98 Å². The number of H-pyrrole nitrogens is 1. The second kappa shape index (κ2) is 9.64. The zero-order valence-corrected chi connectivity index (χ0v) is 10.6. The molecule has 1 N–H and O–H groups in total. The third-order valence-corrected chi connectivity index (χ3v) is 2.53. The van der Waals surface area contributed by atoms with Gasteiger partial charge in [0, 0.05) is 24.3 Å². The average molecular weight is 230 g/mol. The highest BCUT2D eigenvalue weighted by Gasteiger charge is 1.91. The SMILES string of the molecule is CCCCCCc1ccc[nH]1.c1ccncc1. The summed E-state index contributed by atoms with van der Waals surface area (Å²) >= 11 is 0. The maximum atomic E-state index is 3.78. The number of nitrogens with one attached hydrogen (secondary N) is 1. The van der Waals surface area contributed by atoms with Gasteiger partial charge < -0.3 is 4.98 Å². The molecule has 0 aliphatic heterocycles. The lowest BCUT2D eigenvalue weighted by Crippen LogP contribution is -1.84. The van der Waals surface area contributed by atoms with Crippen molar-refractivity contribution < 1.29 is 0 Å². The first-order chi connectivity index (χ1) is 8.43. The molecule has 17 heavy (non-hydrogen) atoms. The van der Waals surface area contributed by atoms with Crippen LogP contribution in [-0.2, 0) is 6.42 Å². The summed E-state index contributed by atoms with van der Waals surface area (Å²) < 4.78 is 0. The van der Waals surface area contributed by atoms with Crippen molar-refractivity contribution in [1.29, 1.82) is 0 Å². The summed E-state index contributed by atoms with van der Waals surface area (Å²) in [6, 6.07) is 9.94. The average Bonchev–Trinajstić information content (AvgIpc) is 2.91. The first-order valence-electron chi connectivity index (χ1n) is 6.40. The number of hydrogen-bond donors (Lipinski definition) is 1. The van der Waals surface area contributed by atoms with Crippen molar-refractivity contribution in [2.24, 2.45) is 0 Å². The minimum atomic E-state index is 1.22. The van der Waals surface area contributed by atoms with Crippen LogP contribution in [0.25, 0.3) is 0 Å². The molecule has 0 bridgehead atoms. The lowest BCUT2D eigenvalue weighted by atomic mass is 10.1. The molecule has 0 saturated carbocycles. The maximum absolute atomic E-state index is 3.78. The van der Waals surface area contributed by atoms with Crippen LogP contribution in [0.5, 0.6) is 0 Å². The van der Waals surface area contributed by atoms with E-state index in [1.54, 1.807) is 12.4 Å². The van der Waals surface area contributed by atoms with E-state index < -0.39 is 0 Å². The number of pyridine rings is 1. The normalized spacial score (nSPS) is 9.47. The van der Waals surface area contributed by atoms with Gasteiger partial charge in [0.15, 0.2) is 0 Å². The van der Waals surface area contributed by atoms with Crippen molar-refractivity contribution in [3.8, 4) is 0 Å². The Morgan fingerprint density at radius 2 is 1.82 bits per heavy atom. The summed E-state index contributed by atoms with van der Waals surface area (Å²) in [5, 5.41) is 0. The molecule has 0 unspecified atom stereocenters. The molecule has 0 spiro atoms. The van der Waals surface area contributed by atoms with Crippen LogP contribution in [-0.4, -0.2) is 9.97 Å². The van der Waals surface area contributed by atoms with Gasteiger partial charge >= 0.3 is 0 Å². The fourth-order valence-electron chi connectivity index (χ4n) is 1.58. The van der Waals surface area contributed by atoms with Crippen LogP contribution in [0.1, 0.15) is 38.3 Å².